The number of hydrogen-bond donors (Lipinski definition) is 1. The Bertz CT molecular complexity index is 1040. The Hall–Kier alpha value is -2.80. The van der Waals surface area contributed by atoms with Crippen molar-refractivity contribution in [2.45, 2.75) is 25.7 Å². The molecule has 0 aliphatic rings. The van der Waals surface area contributed by atoms with Crippen LogP contribution in [0, 0.1) is 20.8 Å². The molecule has 0 saturated heterocycles. The standard InChI is InChI=1S/C19H20N2O4S/c1-12-11-17(24-4)9-10-18(12)26(22,23)21-16-7-5-15(6-8-16)19-13(2)25-14(3)20-19/h5-11,21H,1-4H3. The third kappa shape index (κ3) is 3.57. The Kier molecular flexibility index (Phi) is 4.73. The lowest BCUT2D eigenvalue weighted by Gasteiger charge is -2.11. The lowest BCUT2D eigenvalue weighted by Crippen LogP contribution is -2.14. The van der Waals surface area contributed by atoms with Crippen LogP contribution in [0.4, 0.5) is 5.69 Å². The zero-order valence-electron chi connectivity index (χ0n) is 15.0. The first kappa shape index (κ1) is 18.0. The molecule has 0 unspecified atom stereocenters. The number of sulfonamides is 1. The van der Waals surface area contributed by atoms with Gasteiger partial charge in [0.25, 0.3) is 10.0 Å². The molecule has 0 atom stereocenters. The minimum absolute atomic E-state index is 0.213. The first-order chi connectivity index (χ1) is 12.3. The van der Waals surface area contributed by atoms with Crippen LogP contribution in [-0.2, 0) is 10.0 Å². The summed E-state index contributed by atoms with van der Waals surface area (Å²) < 4.78 is 38.5. The summed E-state index contributed by atoms with van der Waals surface area (Å²) in [7, 11) is -2.15. The van der Waals surface area contributed by atoms with Crippen molar-refractivity contribution >= 4 is 15.7 Å². The molecule has 0 aliphatic heterocycles. The van der Waals surface area contributed by atoms with Gasteiger partial charge in [0.1, 0.15) is 17.2 Å². The van der Waals surface area contributed by atoms with Crippen molar-refractivity contribution in [3.63, 3.8) is 0 Å². The van der Waals surface area contributed by atoms with Crippen molar-refractivity contribution in [3.05, 3.63) is 59.7 Å². The summed E-state index contributed by atoms with van der Waals surface area (Å²) in [6.45, 7) is 5.37. The van der Waals surface area contributed by atoms with Crippen molar-refractivity contribution in [1.82, 2.24) is 4.98 Å². The van der Waals surface area contributed by atoms with Crippen LogP contribution in [0.5, 0.6) is 5.75 Å². The molecule has 1 aromatic heterocycles. The number of methoxy groups -OCH3 is 1. The first-order valence-electron chi connectivity index (χ1n) is 8.02. The van der Waals surface area contributed by atoms with Crippen LogP contribution in [-0.4, -0.2) is 20.5 Å². The van der Waals surface area contributed by atoms with E-state index in [9.17, 15) is 8.42 Å². The molecular formula is C19H20N2O4S. The molecule has 136 valence electrons. The monoisotopic (exact) mass is 372 g/mol. The number of aryl methyl sites for hydroxylation is 3. The van der Waals surface area contributed by atoms with E-state index in [1.54, 1.807) is 45.2 Å². The summed E-state index contributed by atoms with van der Waals surface area (Å²) in [5.74, 6) is 1.94. The molecule has 0 radical (unpaired) electrons. The minimum Gasteiger partial charge on any atom is -0.497 e. The molecule has 3 rings (SSSR count). The molecule has 1 heterocycles. The molecule has 6 nitrogen and oxygen atoms in total. The van der Waals surface area contributed by atoms with Gasteiger partial charge in [0.15, 0.2) is 5.89 Å². The summed E-state index contributed by atoms with van der Waals surface area (Å²) in [5, 5.41) is 0. The Balaban J connectivity index is 1.85. The highest BCUT2D eigenvalue weighted by molar-refractivity contribution is 7.92. The molecule has 0 amide bonds. The number of hydrogen-bond acceptors (Lipinski definition) is 5. The SMILES string of the molecule is COc1ccc(S(=O)(=O)Nc2ccc(-c3nc(C)oc3C)cc2)c(C)c1. The predicted octanol–water partition coefficient (Wildman–Crippen LogP) is 4.08. The number of oxazole rings is 1. The van der Waals surface area contributed by atoms with E-state index in [0.29, 0.717) is 22.9 Å². The van der Waals surface area contributed by atoms with Crippen LogP contribution < -0.4 is 9.46 Å². The molecule has 0 saturated carbocycles. The fraction of sp³-hybridized carbons (Fsp3) is 0.211. The molecule has 3 aromatic rings. The molecule has 0 fully saturated rings. The maximum absolute atomic E-state index is 12.7. The van der Waals surface area contributed by atoms with Gasteiger partial charge in [-0.1, -0.05) is 12.1 Å². The predicted molar refractivity (Wildman–Crippen MR) is 100.0 cm³/mol. The summed E-state index contributed by atoms with van der Waals surface area (Å²) in [4.78, 5) is 4.56. The van der Waals surface area contributed by atoms with Crippen LogP contribution in [0.25, 0.3) is 11.3 Å². The summed E-state index contributed by atoms with van der Waals surface area (Å²) in [6, 6.07) is 11.9. The maximum atomic E-state index is 12.7. The Morgan fingerprint density at radius 2 is 1.73 bits per heavy atom. The number of benzene rings is 2. The number of anilines is 1. The molecule has 0 aliphatic carbocycles. The maximum Gasteiger partial charge on any atom is 0.262 e. The molecule has 26 heavy (non-hydrogen) atoms. The number of nitrogens with one attached hydrogen (secondary N) is 1. The Morgan fingerprint density at radius 3 is 2.27 bits per heavy atom. The largest absolute Gasteiger partial charge is 0.497 e. The molecule has 1 N–H and O–H groups in total. The van der Waals surface area contributed by atoms with Crippen molar-refractivity contribution in [2.75, 3.05) is 11.8 Å². The summed E-state index contributed by atoms with van der Waals surface area (Å²) in [6.07, 6.45) is 0. The second kappa shape index (κ2) is 6.84. The Morgan fingerprint density at radius 1 is 1.04 bits per heavy atom. The number of aromatic nitrogens is 1. The van der Waals surface area contributed by atoms with Crippen molar-refractivity contribution in [2.24, 2.45) is 0 Å². The lowest BCUT2D eigenvalue weighted by atomic mass is 10.1. The normalized spacial score (nSPS) is 11.4. The van der Waals surface area contributed by atoms with E-state index in [0.717, 1.165) is 17.0 Å². The number of nitrogens with zero attached hydrogens (tertiary/aromatic N) is 1. The summed E-state index contributed by atoms with van der Waals surface area (Å²) in [5.41, 5.74) is 2.70. The smallest absolute Gasteiger partial charge is 0.262 e. The van der Waals surface area contributed by atoms with Gasteiger partial charge in [-0.05, 0) is 49.7 Å². The third-order valence-electron chi connectivity index (χ3n) is 3.99. The summed E-state index contributed by atoms with van der Waals surface area (Å²) >= 11 is 0. The second-order valence-electron chi connectivity index (χ2n) is 5.95. The number of ether oxygens (including phenoxy) is 1. The van der Waals surface area contributed by atoms with E-state index in [1.807, 2.05) is 19.1 Å². The molecule has 0 spiro atoms. The van der Waals surface area contributed by atoms with Gasteiger partial charge in [-0.3, -0.25) is 4.72 Å². The quantitative estimate of drug-likeness (QED) is 0.730. The van der Waals surface area contributed by atoms with Gasteiger partial charge in [-0.25, -0.2) is 13.4 Å². The molecule has 0 bridgehead atoms. The van der Waals surface area contributed by atoms with Crippen LogP contribution in [0.3, 0.4) is 0 Å². The van der Waals surface area contributed by atoms with Crippen LogP contribution in [0.2, 0.25) is 0 Å². The van der Waals surface area contributed by atoms with E-state index in [2.05, 4.69) is 9.71 Å². The zero-order valence-corrected chi connectivity index (χ0v) is 15.8. The van der Waals surface area contributed by atoms with Gasteiger partial charge in [-0.15, -0.1) is 0 Å². The topological polar surface area (TPSA) is 81.4 Å². The minimum atomic E-state index is -3.69. The van der Waals surface area contributed by atoms with Crippen LogP contribution in [0.15, 0.2) is 51.8 Å². The van der Waals surface area contributed by atoms with E-state index in [1.165, 1.54) is 6.07 Å². The fourth-order valence-electron chi connectivity index (χ4n) is 2.75. The van der Waals surface area contributed by atoms with Crippen molar-refractivity contribution in [1.29, 1.82) is 0 Å². The lowest BCUT2D eigenvalue weighted by molar-refractivity contribution is 0.414. The van der Waals surface area contributed by atoms with Crippen LogP contribution >= 0.6 is 0 Å². The average molecular weight is 372 g/mol. The van der Waals surface area contributed by atoms with Crippen molar-refractivity contribution in [3.8, 4) is 17.0 Å². The Labute approximate surface area is 152 Å². The van der Waals surface area contributed by atoms with E-state index in [4.69, 9.17) is 9.15 Å². The number of rotatable bonds is 5. The van der Waals surface area contributed by atoms with Gasteiger partial charge < -0.3 is 9.15 Å². The van der Waals surface area contributed by atoms with Gasteiger partial charge in [0, 0.05) is 18.2 Å². The van der Waals surface area contributed by atoms with Crippen molar-refractivity contribution < 1.29 is 17.6 Å². The highest BCUT2D eigenvalue weighted by Crippen LogP contribution is 2.27. The second-order valence-corrected chi connectivity index (χ2v) is 7.60. The highest BCUT2D eigenvalue weighted by atomic mass is 32.2. The van der Waals surface area contributed by atoms with Crippen LogP contribution in [0.1, 0.15) is 17.2 Å². The van der Waals surface area contributed by atoms with Gasteiger partial charge >= 0.3 is 0 Å². The molecule has 2 aromatic carbocycles. The fourth-order valence-corrected chi connectivity index (χ4v) is 4.04. The zero-order chi connectivity index (χ0) is 18.9. The third-order valence-corrected chi connectivity index (χ3v) is 5.53. The van der Waals surface area contributed by atoms with E-state index in [-0.39, 0.29) is 4.90 Å². The van der Waals surface area contributed by atoms with E-state index < -0.39 is 10.0 Å². The highest BCUT2D eigenvalue weighted by Gasteiger charge is 2.18. The molecular weight excluding hydrogens is 352 g/mol. The van der Waals surface area contributed by atoms with Gasteiger partial charge in [-0.2, -0.15) is 0 Å². The average Bonchev–Trinajstić information content (AvgIpc) is 2.93. The van der Waals surface area contributed by atoms with Gasteiger partial charge in [0.2, 0.25) is 0 Å². The first-order valence-corrected chi connectivity index (χ1v) is 9.50. The van der Waals surface area contributed by atoms with Gasteiger partial charge in [0.05, 0.1) is 12.0 Å². The van der Waals surface area contributed by atoms with E-state index >= 15 is 0 Å². The molecule has 7 heteroatoms.